The first kappa shape index (κ1) is 21.2. The Labute approximate surface area is 162 Å². The number of methoxy groups -OCH3 is 2. The second kappa shape index (κ2) is 8.72. The molecule has 0 saturated heterocycles. The Balaban J connectivity index is 2.16. The van der Waals surface area contributed by atoms with Crippen LogP contribution in [0.25, 0.3) is 0 Å². The quantitative estimate of drug-likeness (QED) is 0.664. The molecule has 0 aliphatic carbocycles. The molecule has 0 saturated carbocycles. The van der Waals surface area contributed by atoms with Crippen molar-refractivity contribution in [3.63, 3.8) is 0 Å². The molecule has 0 heterocycles. The Bertz CT molecular complexity index is 989. The average Bonchev–Trinajstić information content (AvgIpc) is 2.66. The molecule has 150 valence electrons. The van der Waals surface area contributed by atoms with E-state index in [2.05, 4.69) is 5.32 Å². The molecule has 2 rings (SSSR count). The fourth-order valence-electron chi connectivity index (χ4n) is 2.25. The van der Waals surface area contributed by atoms with Crippen LogP contribution in [0.15, 0.2) is 47.4 Å². The standard InChI is InChI=1S/C18H20N2O7S/c1-11(17(21)20-12-5-4-6-13(9-12)25-2)27-18(22)15-10-14(28(19,23)24)7-8-16(15)26-3/h4-11H,1-3H3,(H,20,21)(H2,19,23,24)/t11-/m0/s1. The number of rotatable bonds is 7. The zero-order valence-corrected chi connectivity index (χ0v) is 16.3. The van der Waals surface area contributed by atoms with Gasteiger partial charge in [0.15, 0.2) is 6.10 Å². The average molecular weight is 408 g/mol. The van der Waals surface area contributed by atoms with Gasteiger partial charge in [0.05, 0.1) is 19.1 Å². The summed E-state index contributed by atoms with van der Waals surface area (Å²) >= 11 is 0. The van der Waals surface area contributed by atoms with Crippen molar-refractivity contribution in [3.8, 4) is 11.5 Å². The molecule has 10 heteroatoms. The highest BCUT2D eigenvalue weighted by Crippen LogP contribution is 2.23. The van der Waals surface area contributed by atoms with E-state index in [0.717, 1.165) is 6.07 Å². The lowest BCUT2D eigenvalue weighted by Gasteiger charge is -2.15. The fourth-order valence-corrected chi connectivity index (χ4v) is 2.79. The van der Waals surface area contributed by atoms with E-state index in [-0.39, 0.29) is 16.2 Å². The van der Waals surface area contributed by atoms with Crippen LogP contribution in [0.3, 0.4) is 0 Å². The third kappa shape index (κ3) is 5.21. The zero-order valence-electron chi connectivity index (χ0n) is 15.5. The van der Waals surface area contributed by atoms with Gasteiger partial charge in [-0.25, -0.2) is 18.4 Å². The largest absolute Gasteiger partial charge is 0.497 e. The number of nitrogens with two attached hydrogens (primary N) is 1. The summed E-state index contributed by atoms with van der Waals surface area (Å²) in [7, 11) is -1.23. The molecule has 0 aromatic heterocycles. The maximum atomic E-state index is 12.4. The molecule has 0 spiro atoms. The Kier molecular flexibility index (Phi) is 6.60. The highest BCUT2D eigenvalue weighted by Gasteiger charge is 2.23. The Morgan fingerprint density at radius 3 is 2.39 bits per heavy atom. The maximum absolute atomic E-state index is 12.4. The van der Waals surface area contributed by atoms with Crippen molar-refractivity contribution in [1.82, 2.24) is 0 Å². The first-order valence-electron chi connectivity index (χ1n) is 8.02. The van der Waals surface area contributed by atoms with Gasteiger partial charge in [0.2, 0.25) is 10.0 Å². The van der Waals surface area contributed by atoms with Crippen molar-refractivity contribution in [2.24, 2.45) is 5.14 Å². The zero-order chi connectivity index (χ0) is 20.9. The fraction of sp³-hybridized carbons (Fsp3) is 0.222. The summed E-state index contributed by atoms with van der Waals surface area (Å²) in [5.74, 6) is -0.886. The van der Waals surface area contributed by atoms with Crippen molar-refractivity contribution >= 4 is 27.6 Å². The lowest BCUT2D eigenvalue weighted by atomic mass is 10.2. The minimum Gasteiger partial charge on any atom is -0.497 e. The van der Waals surface area contributed by atoms with E-state index < -0.39 is 28.0 Å². The molecule has 0 bridgehead atoms. The monoisotopic (exact) mass is 408 g/mol. The van der Waals surface area contributed by atoms with E-state index in [4.69, 9.17) is 19.3 Å². The van der Waals surface area contributed by atoms with Gasteiger partial charge in [0, 0.05) is 11.8 Å². The van der Waals surface area contributed by atoms with E-state index in [1.165, 1.54) is 33.3 Å². The first-order chi connectivity index (χ1) is 13.2. The molecule has 1 atom stereocenters. The number of anilines is 1. The highest BCUT2D eigenvalue weighted by molar-refractivity contribution is 7.89. The van der Waals surface area contributed by atoms with Crippen LogP contribution in [-0.2, 0) is 19.6 Å². The van der Waals surface area contributed by atoms with Gasteiger partial charge < -0.3 is 19.5 Å². The highest BCUT2D eigenvalue weighted by atomic mass is 32.2. The molecular formula is C18H20N2O7S. The van der Waals surface area contributed by atoms with Gasteiger partial charge in [-0.1, -0.05) is 6.07 Å². The first-order valence-corrected chi connectivity index (χ1v) is 9.57. The van der Waals surface area contributed by atoms with Crippen LogP contribution < -0.4 is 19.9 Å². The van der Waals surface area contributed by atoms with E-state index in [9.17, 15) is 18.0 Å². The van der Waals surface area contributed by atoms with Crippen molar-refractivity contribution in [1.29, 1.82) is 0 Å². The van der Waals surface area contributed by atoms with E-state index >= 15 is 0 Å². The molecule has 2 aromatic rings. The maximum Gasteiger partial charge on any atom is 0.342 e. The number of hydrogen-bond acceptors (Lipinski definition) is 7. The predicted molar refractivity (Wildman–Crippen MR) is 101 cm³/mol. The van der Waals surface area contributed by atoms with Gasteiger partial charge in [-0.3, -0.25) is 4.79 Å². The minimum absolute atomic E-state index is 0.0813. The summed E-state index contributed by atoms with van der Waals surface area (Å²) < 4.78 is 38.3. The molecular weight excluding hydrogens is 388 g/mol. The third-order valence-corrected chi connectivity index (χ3v) is 4.62. The van der Waals surface area contributed by atoms with Gasteiger partial charge >= 0.3 is 5.97 Å². The van der Waals surface area contributed by atoms with E-state index in [0.29, 0.717) is 11.4 Å². The van der Waals surface area contributed by atoms with Gasteiger partial charge in [-0.2, -0.15) is 0 Å². The number of carbonyl (C=O) groups excluding carboxylic acids is 2. The van der Waals surface area contributed by atoms with Crippen molar-refractivity contribution in [2.75, 3.05) is 19.5 Å². The second-order valence-electron chi connectivity index (χ2n) is 5.68. The summed E-state index contributed by atoms with van der Waals surface area (Å²) in [6.45, 7) is 1.38. The molecule has 1 amide bonds. The normalized spacial score (nSPS) is 12.0. The SMILES string of the molecule is COc1cccc(NC(=O)[C@H](C)OC(=O)c2cc(S(N)(=O)=O)ccc2OC)c1. The number of nitrogens with one attached hydrogen (secondary N) is 1. The minimum atomic E-state index is -4.03. The molecule has 0 radical (unpaired) electrons. The number of carbonyl (C=O) groups is 2. The molecule has 2 aromatic carbocycles. The summed E-state index contributed by atoms with van der Waals surface area (Å²) in [6, 6.07) is 10.2. The van der Waals surface area contributed by atoms with Gasteiger partial charge in [-0.05, 0) is 37.3 Å². The van der Waals surface area contributed by atoms with Crippen LogP contribution in [0.2, 0.25) is 0 Å². The Morgan fingerprint density at radius 1 is 1.07 bits per heavy atom. The summed E-state index contributed by atoms with van der Waals surface area (Å²) in [4.78, 5) is 24.4. The number of ether oxygens (including phenoxy) is 3. The lowest BCUT2D eigenvalue weighted by Crippen LogP contribution is -2.30. The number of esters is 1. The third-order valence-electron chi connectivity index (χ3n) is 3.71. The summed E-state index contributed by atoms with van der Waals surface area (Å²) in [5, 5.41) is 7.68. The number of benzene rings is 2. The van der Waals surface area contributed by atoms with Crippen molar-refractivity contribution in [2.45, 2.75) is 17.9 Å². The Hall–Kier alpha value is -3.11. The van der Waals surface area contributed by atoms with Crippen LogP contribution in [0.5, 0.6) is 11.5 Å². The smallest absolute Gasteiger partial charge is 0.342 e. The Morgan fingerprint density at radius 2 is 1.79 bits per heavy atom. The van der Waals surface area contributed by atoms with Gasteiger partial charge in [0.1, 0.15) is 17.1 Å². The topological polar surface area (TPSA) is 134 Å². The molecule has 3 N–H and O–H groups in total. The van der Waals surface area contributed by atoms with Crippen LogP contribution in [0, 0.1) is 0 Å². The summed E-state index contributed by atoms with van der Waals surface area (Å²) in [5.41, 5.74) is 0.288. The second-order valence-corrected chi connectivity index (χ2v) is 7.24. The van der Waals surface area contributed by atoms with Crippen molar-refractivity contribution in [3.05, 3.63) is 48.0 Å². The van der Waals surface area contributed by atoms with Crippen molar-refractivity contribution < 1.29 is 32.2 Å². The molecule has 9 nitrogen and oxygen atoms in total. The summed E-state index contributed by atoms with van der Waals surface area (Å²) in [6.07, 6.45) is -1.17. The number of primary sulfonamides is 1. The molecule has 28 heavy (non-hydrogen) atoms. The van der Waals surface area contributed by atoms with E-state index in [1.807, 2.05) is 0 Å². The molecule has 0 fully saturated rings. The predicted octanol–water partition coefficient (Wildman–Crippen LogP) is 1.54. The van der Waals surface area contributed by atoms with E-state index in [1.54, 1.807) is 24.3 Å². The van der Waals surface area contributed by atoms with Gasteiger partial charge in [0.25, 0.3) is 5.91 Å². The number of hydrogen-bond donors (Lipinski definition) is 2. The van der Waals surface area contributed by atoms with Gasteiger partial charge in [-0.15, -0.1) is 0 Å². The van der Waals surface area contributed by atoms with Crippen LogP contribution in [-0.4, -0.2) is 40.6 Å². The van der Waals surface area contributed by atoms with Crippen LogP contribution in [0.1, 0.15) is 17.3 Å². The lowest BCUT2D eigenvalue weighted by molar-refractivity contribution is -0.123. The van der Waals surface area contributed by atoms with Crippen LogP contribution >= 0.6 is 0 Å². The number of amides is 1. The number of sulfonamides is 1. The molecule has 0 aliphatic heterocycles. The molecule has 0 unspecified atom stereocenters. The molecule has 0 aliphatic rings. The van der Waals surface area contributed by atoms with Crippen LogP contribution in [0.4, 0.5) is 5.69 Å².